The summed E-state index contributed by atoms with van der Waals surface area (Å²) >= 11 is 0. The lowest BCUT2D eigenvalue weighted by molar-refractivity contribution is -0.155. The summed E-state index contributed by atoms with van der Waals surface area (Å²) in [4.78, 5) is 14.3. The summed E-state index contributed by atoms with van der Waals surface area (Å²) in [6.07, 6.45) is 4.25. The Morgan fingerprint density at radius 3 is 2.75 bits per heavy atom. The first kappa shape index (κ1) is 13.5. The molecule has 0 aromatic carbocycles. The lowest BCUT2D eigenvalue weighted by atomic mass is 9.96. The molecule has 4 heteroatoms. The maximum atomic E-state index is 12.3. The van der Waals surface area contributed by atoms with Crippen molar-refractivity contribution in [3.8, 4) is 0 Å². The standard InChI is InChI=1S/C12H24N2O2/c1-12(2,16-3)11(15)14-9-5-4-6-10(14)7-8-13/h10H,4-9,13H2,1-3H3. The number of likely N-dealkylation sites (tertiary alicyclic amines) is 1. The molecule has 0 aromatic rings. The van der Waals surface area contributed by atoms with Gasteiger partial charge in [-0.15, -0.1) is 0 Å². The third-order valence-corrected chi connectivity index (χ3v) is 3.41. The SMILES string of the molecule is COC(C)(C)C(=O)N1CCCCC1CCN. The van der Waals surface area contributed by atoms with E-state index in [1.54, 1.807) is 7.11 Å². The smallest absolute Gasteiger partial charge is 0.254 e. The molecule has 0 spiro atoms. The van der Waals surface area contributed by atoms with Crippen molar-refractivity contribution in [2.24, 2.45) is 5.73 Å². The number of nitrogens with two attached hydrogens (primary N) is 1. The molecule has 0 bridgehead atoms. The van der Waals surface area contributed by atoms with Crippen molar-refractivity contribution in [3.05, 3.63) is 0 Å². The van der Waals surface area contributed by atoms with E-state index in [1.807, 2.05) is 18.7 Å². The molecule has 1 fully saturated rings. The van der Waals surface area contributed by atoms with Gasteiger partial charge in [-0.3, -0.25) is 4.79 Å². The molecule has 1 heterocycles. The minimum atomic E-state index is -0.718. The zero-order valence-corrected chi connectivity index (χ0v) is 10.7. The average Bonchev–Trinajstić information content (AvgIpc) is 2.29. The van der Waals surface area contributed by atoms with E-state index in [-0.39, 0.29) is 5.91 Å². The van der Waals surface area contributed by atoms with Gasteiger partial charge in [0, 0.05) is 19.7 Å². The van der Waals surface area contributed by atoms with Crippen LogP contribution in [0.25, 0.3) is 0 Å². The molecule has 1 rings (SSSR count). The number of nitrogens with zero attached hydrogens (tertiary/aromatic N) is 1. The van der Waals surface area contributed by atoms with Gasteiger partial charge < -0.3 is 15.4 Å². The van der Waals surface area contributed by atoms with E-state index >= 15 is 0 Å². The van der Waals surface area contributed by atoms with Crippen LogP contribution >= 0.6 is 0 Å². The van der Waals surface area contributed by atoms with E-state index in [2.05, 4.69) is 0 Å². The number of hydrogen-bond acceptors (Lipinski definition) is 3. The molecule has 1 saturated heterocycles. The topological polar surface area (TPSA) is 55.6 Å². The largest absolute Gasteiger partial charge is 0.369 e. The fourth-order valence-electron chi connectivity index (χ4n) is 2.19. The molecular weight excluding hydrogens is 204 g/mol. The quantitative estimate of drug-likeness (QED) is 0.785. The van der Waals surface area contributed by atoms with Gasteiger partial charge in [-0.05, 0) is 46.1 Å². The van der Waals surface area contributed by atoms with Gasteiger partial charge in [0.1, 0.15) is 5.60 Å². The maximum Gasteiger partial charge on any atom is 0.254 e. The molecular formula is C12H24N2O2. The van der Waals surface area contributed by atoms with Crippen LogP contribution in [-0.4, -0.2) is 42.6 Å². The van der Waals surface area contributed by atoms with Gasteiger partial charge in [0.05, 0.1) is 0 Å². The normalized spacial score (nSPS) is 22.2. The van der Waals surface area contributed by atoms with E-state index in [4.69, 9.17) is 10.5 Å². The molecule has 0 aliphatic carbocycles. The maximum absolute atomic E-state index is 12.3. The Labute approximate surface area is 98.1 Å². The number of rotatable bonds is 4. The first-order valence-electron chi connectivity index (χ1n) is 6.09. The lowest BCUT2D eigenvalue weighted by Gasteiger charge is -2.39. The van der Waals surface area contributed by atoms with Gasteiger partial charge >= 0.3 is 0 Å². The minimum Gasteiger partial charge on any atom is -0.369 e. The van der Waals surface area contributed by atoms with Gasteiger partial charge in [0.25, 0.3) is 5.91 Å². The van der Waals surface area contributed by atoms with Gasteiger partial charge in [0.15, 0.2) is 0 Å². The number of ether oxygens (including phenoxy) is 1. The van der Waals surface area contributed by atoms with Crippen LogP contribution in [0, 0.1) is 0 Å². The minimum absolute atomic E-state index is 0.0909. The van der Waals surface area contributed by atoms with Crippen molar-refractivity contribution in [2.75, 3.05) is 20.2 Å². The summed E-state index contributed by atoms with van der Waals surface area (Å²) < 4.78 is 5.26. The molecule has 1 unspecified atom stereocenters. The molecule has 1 atom stereocenters. The van der Waals surface area contributed by atoms with Crippen molar-refractivity contribution in [1.29, 1.82) is 0 Å². The number of carbonyl (C=O) groups is 1. The van der Waals surface area contributed by atoms with Crippen LogP contribution in [0.4, 0.5) is 0 Å². The predicted molar refractivity (Wildman–Crippen MR) is 64.1 cm³/mol. The summed E-state index contributed by atoms with van der Waals surface area (Å²) in [5, 5.41) is 0. The summed E-state index contributed by atoms with van der Waals surface area (Å²) in [5.74, 6) is 0.0909. The first-order chi connectivity index (χ1) is 7.53. The van der Waals surface area contributed by atoms with E-state index in [1.165, 1.54) is 6.42 Å². The van der Waals surface area contributed by atoms with Crippen LogP contribution in [0.1, 0.15) is 39.5 Å². The van der Waals surface area contributed by atoms with Crippen molar-refractivity contribution in [3.63, 3.8) is 0 Å². The van der Waals surface area contributed by atoms with Crippen LogP contribution in [0.3, 0.4) is 0 Å². The summed E-state index contributed by atoms with van der Waals surface area (Å²) in [6.45, 7) is 5.13. The zero-order valence-electron chi connectivity index (χ0n) is 10.7. The van der Waals surface area contributed by atoms with Gasteiger partial charge in [-0.2, -0.15) is 0 Å². The second-order valence-corrected chi connectivity index (χ2v) is 4.94. The molecule has 16 heavy (non-hydrogen) atoms. The Kier molecular flexibility index (Phi) is 4.74. The highest BCUT2D eigenvalue weighted by Crippen LogP contribution is 2.23. The molecule has 1 amide bonds. The molecule has 1 aliphatic heterocycles. The Balaban J connectivity index is 2.71. The Morgan fingerprint density at radius 1 is 1.50 bits per heavy atom. The fraction of sp³-hybridized carbons (Fsp3) is 0.917. The van der Waals surface area contributed by atoms with E-state index in [0.29, 0.717) is 12.6 Å². The first-order valence-corrected chi connectivity index (χ1v) is 6.09. The summed E-state index contributed by atoms with van der Waals surface area (Å²) in [6, 6.07) is 0.306. The highest BCUT2D eigenvalue weighted by Gasteiger charge is 2.36. The summed E-state index contributed by atoms with van der Waals surface area (Å²) in [7, 11) is 1.58. The monoisotopic (exact) mass is 228 g/mol. The van der Waals surface area contributed by atoms with Crippen LogP contribution < -0.4 is 5.73 Å². The zero-order chi connectivity index (χ0) is 12.2. The van der Waals surface area contributed by atoms with Crippen molar-refractivity contribution < 1.29 is 9.53 Å². The second-order valence-electron chi connectivity index (χ2n) is 4.94. The van der Waals surface area contributed by atoms with Crippen molar-refractivity contribution in [2.45, 2.75) is 51.2 Å². The number of hydrogen-bond donors (Lipinski definition) is 1. The second kappa shape index (κ2) is 5.64. The van der Waals surface area contributed by atoms with E-state index < -0.39 is 5.60 Å². The third kappa shape index (κ3) is 2.95. The number of carbonyl (C=O) groups excluding carboxylic acids is 1. The Morgan fingerprint density at radius 2 is 2.19 bits per heavy atom. The predicted octanol–water partition coefficient (Wildman–Crippen LogP) is 1.14. The Hall–Kier alpha value is -0.610. The third-order valence-electron chi connectivity index (χ3n) is 3.41. The van der Waals surface area contributed by atoms with Gasteiger partial charge in [0.2, 0.25) is 0 Å². The highest BCUT2D eigenvalue weighted by molar-refractivity contribution is 5.84. The van der Waals surface area contributed by atoms with Gasteiger partial charge in [-0.25, -0.2) is 0 Å². The van der Waals surface area contributed by atoms with Gasteiger partial charge in [-0.1, -0.05) is 0 Å². The van der Waals surface area contributed by atoms with Crippen LogP contribution in [-0.2, 0) is 9.53 Å². The Bertz CT molecular complexity index is 239. The fourth-order valence-corrected chi connectivity index (χ4v) is 2.19. The molecule has 2 N–H and O–H groups in total. The number of piperidine rings is 1. The molecule has 4 nitrogen and oxygen atoms in total. The van der Waals surface area contributed by atoms with Crippen LogP contribution in [0.2, 0.25) is 0 Å². The number of methoxy groups -OCH3 is 1. The highest BCUT2D eigenvalue weighted by atomic mass is 16.5. The van der Waals surface area contributed by atoms with E-state index in [9.17, 15) is 4.79 Å². The molecule has 94 valence electrons. The average molecular weight is 228 g/mol. The van der Waals surface area contributed by atoms with Crippen LogP contribution in [0.15, 0.2) is 0 Å². The molecule has 0 saturated carbocycles. The van der Waals surface area contributed by atoms with Crippen LogP contribution in [0.5, 0.6) is 0 Å². The number of amides is 1. The lowest BCUT2D eigenvalue weighted by Crippen LogP contribution is -2.53. The van der Waals surface area contributed by atoms with Crippen molar-refractivity contribution in [1.82, 2.24) is 4.90 Å². The van der Waals surface area contributed by atoms with Crippen molar-refractivity contribution >= 4 is 5.91 Å². The molecule has 0 aromatic heterocycles. The molecule has 0 radical (unpaired) electrons. The molecule has 1 aliphatic rings. The summed E-state index contributed by atoms with van der Waals surface area (Å²) in [5.41, 5.74) is 4.88. The van der Waals surface area contributed by atoms with E-state index in [0.717, 1.165) is 25.8 Å².